The van der Waals surface area contributed by atoms with Gasteiger partial charge in [-0.25, -0.2) is 4.68 Å². The first-order chi connectivity index (χ1) is 6.25. The van der Waals surface area contributed by atoms with Crippen LogP contribution in [0.15, 0.2) is 4.79 Å². The van der Waals surface area contributed by atoms with Gasteiger partial charge >= 0.3 is 0 Å². The molecular weight excluding hydrogens is 178 g/mol. The van der Waals surface area contributed by atoms with Gasteiger partial charge < -0.3 is 5.73 Å². The van der Waals surface area contributed by atoms with Crippen LogP contribution < -0.4 is 11.3 Å². The summed E-state index contributed by atoms with van der Waals surface area (Å²) < 4.78 is 1.57. The van der Waals surface area contributed by atoms with Gasteiger partial charge in [-0.3, -0.25) is 9.89 Å². The van der Waals surface area contributed by atoms with Crippen molar-refractivity contribution in [3.8, 4) is 0 Å². The van der Waals surface area contributed by atoms with E-state index >= 15 is 0 Å². The number of nitrogens with one attached hydrogen (secondary N) is 1. The van der Waals surface area contributed by atoms with Gasteiger partial charge in [0.25, 0.3) is 5.56 Å². The van der Waals surface area contributed by atoms with E-state index in [1.54, 1.807) is 4.68 Å². The average Bonchev–Trinajstić information content (AvgIpc) is 2.28. The van der Waals surface area contributed by atoms with Crippen LogP contribution in [0.5, 0.6) is 0 Å². The molecule has 1 heterocycles. The molecule has 0 radical (unpaired) electrons. The van der Waals surface area contributed by atoms with Crippen LogP contribution in [0.3, 0.4) is 0 Å². The van der Waals surface area contributed by atoms with Gasteiger partial charge in [0.05, 0.1) is 5.69 Å². The summed E-state index contributed by atoms with van der Waals surface area (Å²) in [5, 5.41) is 3.07. The van der Waals surface area contributed by atoms with Crippen LogP contribution >= 0.6 is 0 Å². The predicted octanol–water partition coefficient (Wildman–Crippen LogP) is 1.64. The molecule has 0 atom stereocenters. The van der Waals surface area contributed by atoms with Gasteiger partial charge in [0, 0.05) is 11.5 Å². The molecule has 0 aromatic carbocycles. The summed E-state index contributed by atoms with van der Waals surface area (Å²) in [4.78, 5) is 11.7. The summed E-state index contributed by atoms with van der Waals surface area (Å²) in [5.41, 5.74) is 6.68. The van der Waals surface area contributed by atoms with Crippen molar-refractivity contribution in [2.75, 3.05) is 5.73 Å². The van der Waals surface area contributed by atoms with Crippen LogP contribution in [0.2, 0.25) is 0 Å². The topological polar surface area (TPSA) is 63.8 Å². The molecule has 0 aliphatic carbocycles. The lowest BCUT2D eigenvalue weighted by atomic mass is 9.91. The third kappa shape index (κ3) is 1.69. The third-order valence-electron chi connectivity index (χ3n) is 2.22. The molecule has 0 aliphatic heterocycles. The third-order valence-corrected chi connectivity index (χ3v) is 2.22. The minimum atomic E-state index is -0.122. The van der Waals surface area contributed by atoms with Gasteiger partial charge in [-0.2, -0.15) is 0 Å². The van der Waals surface area contributed by atoms with E-state index in [9.17, 15) is 4.79 Å². The van der Waals surface area contributed by atoms with Crippen molar-refractivity contribution < 1.29 is 0 Å². The van der Waals surface area contributed by atoms with Crippen LogP contribution in [-0.2, 0) is 5.41 Å². The lowest BCUT2D eigenvalue weighted by Gasteiger charge is -2.17. The van der Waals surface area contributed by atoms with E-state index in [4.69, 9.17) is 5.73 Å². The highest BCUT2D eigenvalue weighted by molar-refractivity contribution is 5.44. The molecule has 0 saturated carbocycles. The van der Waals surface area contributed by atoms with E-state index in [0.717, 1.165) is 5.69 Å². The second kappa shape index (κ2) is 3.19. The molecule has 1 aromatic heterocycles. The fourth-order valence-corrected chi connectivity index (χ4v) is 1.40. The number of aromatic nitrogens is 2. The van der Waals surface area contributed by atoms with Crippen LogP contribution in [0.25, 0.3) is 0 Å². The Hall–Kier alpha value is -1.19. The molecule has 4 nitrogen and oxygen atoms in total. The maximum Gasteiger partial charge on any atom is 0.290 e. The Morgan fingerprint density at radius 3 is 2.07 bits per heavy atom. The minimum absolute atomic E-state index is 0.112. The highest BCUT2D eigenvalue weighted by atomic mass is 16.1. The van der Waals surface area contributed by atoms with Crippen LogP contribution in [0.4, 0.5) is 5.69 Å². The number of H-pyrrole nitrogens is 1. The zero-order valence-electron chi connectivity index (χ0n) is 9.51. The minimum Gasteiger partial charge on any atom is -0.393 e. The Morgan fingerprint density at radius 1 is 1.36 bits per heavy atom. The zero-order chi connectivity index (χ0) is 11.1. The van der Waals surface area contributed by atoms with Crippen molar-refractivity contribution in [1.82, 2.24) is 9.78 Å². The van der Waals surface area contributed by atoms with E-state index in [-0.39, 0.29) is 17.0 Å². The van der Waals surface area contributed by atoms with Crippen LogP contribution in [0.1, 0.15) is 46.4 Å². The van der Waals surface area contributed by atoms with Crippen molar-refractivity contribution in [1.29, 1.82) is 0 Å². The largest absolute Gasteiger partial charge is 0.393 e. The van der Waals surface area contributed by atoms with Crippen molar-refractivity contribution in [3.05, 3.63) is 16.0 Å². The smallest absolute Gasteiger partial charge is 0.290 e. The Kier molecular flexibility index (Phi) is 2.48. The number of hydrogen-bond acceptors (Lipinski definition) is 2. The summed E-state index contributed by atoms with van der Waals surface area (Å²) in [6.07, 6.45) is 0. The number of nitrogens with two attached hydrogens (primary N) is 1. The summed E-state index contributed by atoms with van der Waals surface area (Å²) in [6.45, 7) is 9.98. The molecule has 1 rings (SSSR count). The summed E-state index contributed by atoms with van der Waals surface area (Å²) in [5.74, 6) is 0. The number of nitrogens with zero attached hydrogens (tertiary/aromatic N) is 1. The van der Waals surface area contributed by atoms with Gasteiger partial charge in [-0.1, -0.05) is 20.8 Å². The molecule has 0 bridgehead atoms. The summed E-state index contributed by atoms with van der Waals surface area (Å²) in [7, 11) is 0. The second-order valence-electron chi connectivity index (χ2n) is 4.92. The Morgan fingerprint density at radius 2 is 1.86 bits per heavy atom. The molecule has 1 aromatic rings. The highest BCUT2D eigenvalue weighted by Gasteiger charge is 2.23. The maximum absolute atomic E-state index is 11.7. The van der Waals surface area contributed by atoms with Crippen molar-refractivity contribution in [3.63, 3.8) is 0 Å². The maximum atomic E-state index is 11.7. The quantitative estimate of drug-likeness (QED) is 0.718. The molecule has 0 aliphatic rings. The molecule has 0 unspecified atom stereocenters. The predicted molar refractivity (Wildman–Crippen MR) is 58.6 cm³/mol. The summed E-state index contributed by atoms with van der Waals surface area (Å²) in [6, 6.07) is 0.112. The molecule has 0 saturated heterocycles. The molecule has 0 fully saturated rings. The van der Waals surface area contributed by atoms with E-state index in [1.807, 2.05) is 34.6 Å². The fourth-order valence-electron chi connectivity index (χ4n) is 1.40. The molecule has 14 heavy (non-hydrogen) atoms. The Balaban J connectivity index is 3.37. The van der Waals surface area contributed by atoms with Gasteiger partial charge in [0.2, 0.25) is 0 Å². The Labute approximate surface area is 84.1 Å². The fraction of sp³-hybridized carbons (Fsp3) is 0.700. The lowest BCUT2D eigenvalue weighted by Crippen LogP contribution is -2.20. The first-order valence-electron chi connectivity index (χ1n) is 4.85. The molecule has 0 amide bonds. The van der Waals surface area contributed by atoms with E-state index in [1.165, 1.54) is 0 Å². The molecule has 80 valence electrons. The Bertz CT molecular complexity index is 379. The molecule has 4 heteroatoms. The standard InChI is InChI=1S/C10H19N3O/c1-6(2)13-9(14)7(11)8(12-13)10(3,4)5/h6,12H,11H2,1-5H3. The first kappa shape index (κ1) is 10.9. The van der Waals surface area contributed by atoms with Gasteiger partial charge in [0.1, 0.15) is 5.69 Å². The van der Waals surface area contributed by atoms with Crippen molar-refractivity contribution in [2.24, 2.45) is 0 Å². The first-order valence-corrected chi connectivity index (χ1v) is 4.85. The van der Waals surface area contributed by atoms with Crippen LogP contribution in [0, 0.1) is 0 Å². The van der Waals surface area contributed by atoms with E-state index in [0.29, 0.717) is 5.69 Å². The molecule has 3 N–H and O–H groups in total. The lowest BCUT2D eigenvalue weighted by molar-refractivity contribution is 0.486. The molecular formula is C10H19N3O. The van der Waals surface area contributed by atoms with Crippen molar-refractivity contribution in [2.45, 2.75) is 46.1 Å². The van der Waals surface area contributed by atoms with Gasteiger partial charge in [-0.15, -0.1) is 0 Å². The highest BCUT2D eigenvalue weighted by Crippen LogP contribution is 2.23. The van der Waals surface area contributed by atoms with Gasteiger partial charge in [0.15, 0.2) is 0 Å². The van der Waals surface area contributed by atoms with Crippen molar-refractivity contribution >= 4 is 5.69 Å². The molecule has 0 spiro atoms. The SMILES string of the molecule is CC(C)n1[nH]c(C(C)(C)C)c(N)c1=O. The van der Waals surface area contributed by atoms with Crippen LogP contribution in [-0.4, -0.2) is 9.78 Å². The normalized spacial score (nSPS) is 12.4. The van der Waals surface area contributed by atoms with Gasteiger partial charge in [-0.05, 0) is 13.8 Å². The number of hydrogen-bond donors (Lipinski definition) is 2. The number of nitrogen functional groups attached to an aromatic ring is 1. The number of rotatable bonds is 1. The van der Waals surface area contributed by atoms with E-state index < -0.39 is 0 Å². The average molecular weight is 197 g/mol. The van der Waals surface area contributed by atoms with E-state index in [2.05, 4.69) is 5.10 Å². The second-order valence-corrected chi connectivity index (χ2v) is 4.92. The monoisotopic (exact) mass is 197 g/mol. The summed E-state index contributed by atoms with van der Waals surface area (Å²) >= 11 is 0. The number of anilines is 1. The zero-order valence-corrected chi connectivity index (χ0v) is 9.51. The number of aromatic amines is 1.